The van der Waals surface area contributed by atoms with Gasteiger partial charge in [0.25, 0.3) is 0 Å². The third kappa shape index (κ3) is 3.44. The standard InChI is InChI=1S/C16H24N4O4/c1-18(2)16(22)11-4-15(21)20(6-11)13-8-19(9-13)7-12-5-14(10-23-3)24-17-12/h5,11,13H,4,6-10H2,1-3H3. The summed E-state index contributed by atoms with van der Waals surface area (Å²) in [5.74, 6) is 0.636. The maximum atomic E-state index is 12.2. The summed E-state index contributed by atoms with van der Waals surface area (Å²) in [6.07, 6.45) is 0.331. The van der Waals surface area contributed by atoms with Gasteiger partial charge in [-0.3, -0.25) is 14.5 Å². The molecule has 8 heteroatoms. The highest BCUT2D eigenvalue weighted by Crippen LogP contribution is 2.26. The second kappa shape index (κ2) is 6.90. The van der Waals surface area contributed by atoms with Gasteiger partial charge in [-0.15, -0.1) is 0 Å². The molecule has 3 heterocycles. The number of methoxy groups -OCH3 is 1. The maximum absolute atomic E-state index is 12.2. The van der Waals surface area contributed by atoms with E-state index in [0.29, 0.717) is 31.9 Å². The second-order valence-electron chi connectivity index (χ2n) is 6.75. The zero-order valence-electron chi connectivity index (χ0n) is 14.4. The van der Waals surface area contributed by atoms with Crippen molar-refractivity contribution < 1.29 is 18.8 Å². The van der Waals surface area contributed by atoms with Crippen LogP contribution in [0.4, 0.5) is 0 Å². The Morgan fingerprint density at radius 3 is 2.83 bits per heavy atom. The molecule has 2 fully saturated rings. The van der Waals surface area contributed by atoms with Crippen molar-refractivity contribution in [2.75, 3.05) is 40.8 Å². The second-order valence-corrected chi connectivity index (χ2v) is 6.75. The lowest BCUT2D eigenvalue weighted by atomic mass is 10.1. The first-order valence-corrected chi connectivity index (χ1v) is 8.14. The van der Waals surface area contributed by atoms with Crippen LogP contribution in [0.3, 0.4) is 0 Å². The van der Waals surface area contributed by atoms with Crippen molar-refractivity contribution in [1.29, 1.82) is 0 Å². The van der Waals surface area contributed by atoms with Gasteiger partial charge in [-0.1, -0.05) is 5.16 Å². The lowest BCUT2D eigenvalue weighted by Crippen LogP contribution is -2.59. The monoisotopic (exact) mass is 336 g/mol. The fourth-order valence-corrected chi connectivity index (χ4v) is 3.35. The summed E-state index contributed by atoms with van der Waals surface area (Å²) in [4.78, 5) is 29.9. The molecule has 1 atom stereocenters. The quantitative estimate of drug-likeness (QED) is 0.724. The minimum atomic E-state index is -0.200. The van der Waals surface area contributed by atoms with Crippen LogP contribution in [-0.4, -0.2) is 78.6 Å². The van der Waals surface area contributed by atoms with Crippen molar-refractivity contribution in [3.8, 4) is 0 Å². The van der Waals surface area contributed by atoms with E-state index in [2.05, 4.69) is 10.1 Å². The molecule has 0 radical (unpaired) electrons. The summed E-state index contributed by atoms with van der Waals surface area (Å²) in [5, 5.41) is 4.02. The van der Waals surface area contributed by atoms with Crippen molar-refractivity contribution in [2.45, 2.75) is 25.6 Å². The van der Waals surface area contributed by atoms with Crippen LogP contribution in [0.5, 0.6) is 0 Å². The molecule has 8 nitrogen and oxygen atoms in total. The Balaban J connectivity index is 1.47. The molecule has 2 aliphatic heterocycles. The van der Waals surface area contributed by atoms with Crippen molar-refractivity contribution >= 4 is 11.8 Å². The lowest BCUT2D eigenvalue weighted by molar-refractivity contribution is -0.134. The van der Waals surface area contributed by atoms with E-state index in [1.165, 1.54) is 0 Å². The summed E-state index contributed by atoms with van der Waals surface area (Å²) in [5.41, 5.74) is 0.869. The van der Waals surface area contributed by atoms with Crippen LogP contribution >= 0.6 is 0 Å². The van der Waals surface area contributed by atoms with Crippen molar-refractivity contribution in [3.05, 3.63) is 17.5 Å². The van der Waals surface area contributed by atoms with Crippen molar-refractivity contribution in [1.82, 2.24) is 19.9 Å². The Bertz CT molecular complexity index is 609. The topological polar surface area (TPSA) is 79.1 Å². The fourth-order valence-electron chi connectivity index (χ4n) is 3.35. The smallest absolute Gasteiger partial charge is 0.227 e. The van der Waals surface area contributed by atoms with Gasteiger partial charge in [-0.05, 0) is 0 Å². The number of amides is 2. The summed E-state index contributed by atoms with van der Waals surface area (Å²) >= 11 is 0. The molecule has 2 amide bonds. The zero-order valence-corrected chi connectivity index (χ0v) is 14.4. The van der Waals surface area contributed by atoms with Crippen LogP contribution in [0.1, 0.15) is 17.9 Å². The Labute approximate surface area is 141 Å². The van der Waals surface area contributed by atoms with Gasteiger partial charge in [0.1, 0.15) is 6.61 Å². The highest BCUT2D eigenvalue weighted by atomic mass is 16.5. The van der Waals surface area contributed by atoms with Crippen LogP contribution < -0.4 is 0 Å². The van der Waals surface area contributed by atoms with Crippen LogP contribution in [0.2, 0.25) is 0 Å². The molecule has 0 aromatic carbocycles. The van der Waals surface area contributed by atoms with E-state index in [-0.39, 0.29) is 23.8 Å². The molecule has 1 unspecified atom stereocenters. The van der Waals surface area contributed by atoms with E-state index in [0.717, 1.165) is 18.8 Å². The molecule has 2 saturated heterocycles. The SMILES string of the molecule is COCc1cc(CN2CC(N3CC(C(=O)N(C)C)CC3=O)C2)no1. The fraction of sp³-hybridized carbons (Fsp3) is 0.688. The van der Waals surface area contributed by atoms with Gasteiger partial charge in [-0.25, -0.2) is 0 Å². The number of rotatable bonds is 6. The Hall–Kier alpha value is -1.93. The number of hydrogen-bond acceptors (Lipinski definition) is 6. The number of carbonyl (C=O) groups is 2. The van der Waals surface area contributed by atoms with Crippen LogP contribution in [0, 0.1) is 5.92 Å². The van der Waals surface area contributed by atoms with Gasteiger partial charge >= 0.3 is 0 Å². The molecule has 2 aliphatic rings. The molecule has 0 saturated carbocycles. The van der Waals surface area contributed by atoms with Gasteiger partial charge in [0.05, 0.1) is 17.7 Å². The van der Waals surface area contributed by atoms with Crippen LogP contribution in [0.15, 0.2) is 10.6 Å². The molecular weight excluding hydrogens is 312 g/mol. The zero-order chi connectivity index (χ0) is 17.3. The first-order chi connectivity index (χ1) is 11.5. The van der Waals surface area contributed by atoms with E-state index in [1.807, 2.05) is 11.0 Å². The summed E-state index contributed by atoms with van der Waals surface area (Å²) < 4.78 is 10.2. The number of carbonyl (C=O) groups excluding carboxylic acids is 2. The predicted molar refractivity (Wildman–Crippen MR) is 84.8 cm³/mol. The number of nitrogens with zero attached hydrogens (tertiary/aromatic N) is 4. The Morgan fingerprint density at radius 1 is 1.42 bits per heavy atom. The lowest BCUT2D eigenvalue weighted by Gasteiger charge is -2.43. The molecule has 0 bridgehead atoms. The molecule has 0 N–H and O–H groups in total. The van der Waals surface area contributed by atoms with Gasteiger partial charge in [0.15, 0.2) is 5.76 Å². The minimum Gasteiger partial charge on any atom is -0.377 e. The highest BCUT2D eigenvalue weighted by Gasteiger charge is 2.42. The van der Waals surface area contributed by atoms with E-state index in [1.54, 1.807) is 26.1 Å². The normalized spacial score (nSPS) is 22.0. The first kappa shape index (κ1) is 16.9. The number of ether oxygens (including phenoxy) is 1. The number of likely N-dealkylation sites (tertiary alicyclic amines) is 2. The van der Waals surface area contributed by atoms with Crippen molar-refractivity contribution in [2.24, 2.45) is 5.92 Å². The summed E-state index contributed by atoms with van der Waals surface area (Å²) in [6, 6.07) is 2.09. The number of hydrogen-bond donors (Lipinski definition) is 0. The summed E-state index contributed by atoms with van der Waals surface area (Å²) in [6.45, 7) is 3.27. The maximum Gasteiger partial charge on any atom is 0.227 e. The van der Waals surface area contributed by atoms with Gasteiger partial charge in [0.2, 0.25) is 11.8 Å². The van der Waals surface area contributed by atoms with E-state index in [4.69, 9.17) is 9.26 Å². The molecule has 1 aromatic heterocycles. The molecule has 24 heavy (non-hydrogen) atoms. The molecule has 3 rings (SSSR count). The Kier molecular flexibility index (Phi) is 4.86. The highest BCUT2D eigenvalue weighted by molar-refractivity contribution is 5.89. The molecule has 0 aliphatic carbocycles. The summed E-state index contributed by atoms with van der Waals surface area (Å²) in [7, 11) is 5.08. The predicted octanol–water partition coefficient (Wildman–Crippen LogP) is -0.0581. The number of aromatic nitrogens is 1. The average molecular weight is 336 g/mol. The van der Waals surface area contributed by atoms with Crippen LogP contribution in [0.25, 0.3) is 0 Å². The molecule has 132 valence electrons. The molecule has 1 aromatic rings. The third-order valence-corrected chi connectivity index (χ3v) is 4.61. The van der Waals surface area contributed by atoms with E-state index in [9.17, 15) is 9.59 Å². The van der Waals surface area contributed by atoms with E-state index < -0.39 is 0 Å². The molecular formula is C16H24N4O4. The van der Waals surface area contributed by atoms with Gasteiger partial charge in [-0.2, -0.15) is 0 Å². The average Bonchev–Trinajstić information content (AvgIpc) is 3.09. The van der Waals surface area contributed by atoms with Crippen LogP contribution in [-0.2, 0) is 27.5 Å². The third-order valence-electron chi connectivity index (χ3n) is 4.61. The van der Waals surface area contributed by atoms with E-state index >= 15 is 0 Å². The molecule has 0 spiro atoms. The Morgan fingerprint density at radius 2 is 2.17 bits per heavy atom. The minimum absolute atomic E-state index is 0.0373. The largest absolute Gasteiger partial charge is 0.377 e. The first-order valence-electron chi connectivity index (χ1n) is 8.14. The van der Waals surface area contributed by atoms with Gasteiger partial charge < -0.3 is 19.1 Å². The van der Waals surface area contributed by atoms with Crippen molar-refractivity contribution in [3.63, 3.8) is 0 Å². The van der Waals surface area contributed by atoms with Gasteiger partial charge in [0, 0.05) is 59.9 Å².